The van der Waals surface area contributed by atoms with Crippen LogP contribution in [0.2, 0.25) is 0 Å². The molecule has 1 aliphatic rings. The Bertz CT molecular complexity index is 1330. The summed E-state index contributed by atoms with van der Waals surface area (Å²) in [5, 5.41) is 0.743. The van der Waals surface area contributed by atoms with Gasteiger partial charge in [0, 0.05) is 30.3 Å². The first-order valence-electron chi connectivity index (χ1n) is 10.9. The van der Waals surface area contributed by atoms with Crippen LogP contribution in [0.25, 0.3) is 11.4 Å². The van der Waals surface area contributed by atoms with Crippen LogP contribution >= 0.6 is 11.8 Å². The number of hydrogen-bond donors (Lipinski definition) is 0. The summed E-state index contributed by atoms with van der Waals surface area (Å²) >= 11 is 1.41. The van der Waals surface area contributed by atoms with E-state index in [2.05, 4.69) is 0 Å². The van der Waals surface area contributed by atoms with Gasteiger partial charge in [-0.15, -0.1) is 0 Å². The summed E-state index contributed by atoms with van der Waals surface area (Å²) in [6.45, 7) is 0. The Morgan fingerprint density at radius 2 is 1.74 bits per heavy atom. The van der Waals surface area contributed by atoms with Gasteiger partial charge in [-0.05, 0) is 18.2 Å². The van der Waals surface area contributed by atoms with E-state index in [9.17, 15) is 4.79 Å². The summed E-state index contributed by atoms with van der Waals surface area (Å²) in [4.78, 5) is 24.2. The average molecular weight is 470 g/mol. The number of nitrogens with zero attached hydrogens (tertiary/aromatic N) is 3. The van der Waals surface area contributed by atoms with Crippen LogP contribution in [0.3, 0.4) is 0 Å². The molecule has 4 aromatic rings. The predicted molar refractivity (Wildman–Crippen MR) is 134 cm³/mol. The number of carbonyl (C=O) groups excluding carboxylic acids is 1. The number of methoxy groups -OCH3 is 1. The van der Waals surface area contributed by atoms with Crippen LogP contribution < -0.4 is 14.4 Å². The van der Waals surface area contributed by atoms with E-state index < -0.39 is 0 Å². The van der Waals surface area contributed by atoms with Crippen molar-refractivity contribution in [2.24, 2.45) is 0 Å². The molecule has 0 saturated heterocycles. The van der Waals surface area contributed by atoms with Gasteiger partial charge in [-0.2, -0.15) is 4.98 Å². The molecule has 1 aliphatic heterocycles. The summed E-state index contributed by atoms with van der Waals surface area (Å²) in [5.41, 5.74) is 3.61. The Morgan fingerprint density at radius 3 is 2.47 bits per heavy atom. The van der Waals surface area contributed by atoms with E-state index in [1.807, 2.05) is 78.9 Å². The van der Waals surface area contributed by atoms with E-state index in [4.69, 9.17) is 19.4 Å². The lowest BCUT2D eigenvalue weighted by molar-refractivity contribution is -0.115. The van der Waals surface area contributed by atoms with Gasteiger partial charge in [-0.3, -0.25) is 4.79 Å². The van der Waals surface area contributed by atoms with Crippen LogP contribution in [0, 0.1) is 0 Å². The molecule has 0 saturated carbocycles. The molecule has 0 aliphatic carbocycles. The first-order valence-corrected chi connectivity index (χ1v) is 11.9. The van der Waals surface area contributed by atoms with E-state index in [1.165, 1.54) is 11.8 Å². The number of amides is 1. The molecular formula is C27H23N3O3S. The summed E-state index contributed by atoms with van der Waals surface area (Å²) in [6.07, 6.45) is 0.599. The minimum absolute atomic E-state index is 0.0105. The molecule has 0 unspecified atom stereocenters. The number of aromatic nitrogens is 2. The maximum Gasteiger partial charge on any atom is 0.237 e. The average Bonchev–Trinajstić information content (AvgIpc) is 2.90. The third-order valence-electron chi connectivity index (χ3n) is 5.66. The maximum atomic E-state index is 12.9. The number of anilines is 1. The van der Waals surface area contributed by atoms with Gasteiger partial charge in [-0.25, -0.2) is 4.98 Å². The maximum absolute atomic E-state index is 12.9. The van der Waals surface area contributed by atoms with Gasteiger partial charge in [0.05, 0.1) is 18.4 Å². The first kappa shape index (κ1) is 22.0. The molecule has 2 heterocycles. The van der Waals surface area contributed by atoms with Crippen molar-refractivity contribution < 1.29 is 14.3 Å². The van der Waals surface area contributed by atoms with Crippen molar-refractivity contribution in [2.75, 3.05) is 24.8 Å². The molecule has 1 aromatic heterocycles. The van der Waals surface area contributed by atoms with Crippen molar-refractivity contribution in [1.82, 2.24) is 9.97 Å². The Kier molecular flexibility index (Phi) is 6.18. The van der Waals surface area contributed by atoms with Crippen molar-refractivity contribution in [1.29, 1.82) is 0 Å². The second-order valence-electron chi connectivity index (χ2n) is 7.81. The zero-order chi connectivity index (χ0) is 23.5. The number of ether oxygens (including phenoxy) is 2. The standard InChI is InChI=1S/C27H23N3O3S/c1-30(20-13-7-4-8-14-20)23(31)17-34-27-21-16-19-12-9-15-22(32-2)24(19)33-26(21)28-25(29-27)18-10-5-3-6-11-18/h3-15H,16-17H2,1-2H3. The molecule has 3 aromatic carbocycles. The third kappa shape index (κ3) is 4.34. The number of carbonyl (C=O) groups is 1. The Hall–Kier alpha value is -3.84. The van der Waals surface area contributed by atoms with Crippen molar-refractivity contribution in [2.45, 2.75) is 11.4 Å². The van der Waals surface area contributed by atoms with Crippen LogP contribution in [-0.2, 0) is 11.2 Å². The van der Waals surface area contributed by atoms with E-state index in [1.54, 1.807) is 19.1 Å². The molecule has 0 fully saturated rings. The number of fused-ring (bicyclic) bond motifs is 2. The molecule has 0 spiro atoms. The predicted octanol–water partition coefficient (Wildman–Crippen LogP) is 5.60. The van der Waals surface area contributed by atoms with Crippen molar-refractivity contribution in [3.63, 3.8) is 0 Å². The van der Waals surface area contributed by atoms with Crippen LogP contribution in [0.15, 0.2) is 83.9 Å². The molecule has 0 radical (unpaired) electrons. The van der Waals surface area contributed by atoms with Gasteiger partial charge in [0.25, 0.3) is 0 Å². The number of thioether (sulfide) groups is 1. The summed E-state index contributed by atoms with van der Waals surface area (Å²) in [6, 6.07) is 25.2. The fourth-order valence-electron chi connectivity index (χ4n) is 3.80. The van der Waals surface area contributed by atoms with Crippen LogP contribution in [0.5, 0.6) is 17.4 Å². The highest BCUT2D eigenvalue weighted by molar-refractivity contribution is 8.00. The van der Waals surface area contributed by atoms with Gasteiger partial charge in [0.15, 0.2) is 17.3 Å². The summed E-state index contributed by atoms with van der Waals surface area (Å²) < 4.78 is 11.7. The van der Waals surface area contributed by atoms with Gasteiger partial charge < -0.3 is 14.4 Å². The van der Waals surface area contributed by atoms with E-state index in [-0.39, 0.29) is 11.7 Å². The zero-order valence-corrected chi connectivity index (χ0v) is 19.7. The molecule has 6 nitrogen and oxygen atoms in total. The highest BCUT2D eigenvalue weighted by Gasteiger charge is 2.27. The monoisotopic (exact) mass is 469 g/mol. The fourth-order valence-corrected chi connectivity index (χ4v) is 4.74. The van der Waals surface area contributed by atoms with E-state index >= 15 is 0 Å². The minimum Gasteiger partial charge on any atom is -0.493 e. The van der Waals surface area contributed by atoms with Crippen LogP contribution in [0.4, 0.5) is 5.69 Å². The Labute approximate surface area is 202 Å². The summed E-state index contributed by atoms with van der Waals surface area (Å²) in [5.74, 6) is 2.63. The van der Waals surface area contributed by atoms with Crippen molar-refractivity contribution >= 4 is 23.4 Å². The zero-order valence-electron chi connectivity index (χ0n) is 18.9. The highest BCUT2D eigenvalue weighted by atomic mass is 32.2. The molecule has 5 rings (SSSR count). The molecule has 170 valence electrons. The lowest BCUT2D eigenvalue weighted by Gasteiger charge is -2.23. The summed E-state index contributed by atoms with van der Waals surface area (Å²) in [7, 11) is 3.41. The molecular weight excluding hydrogens is 446 g/mol. The molecule has 1 amide bonds. The second-order valence-corrected chi connectivity index (χ2v) is 8.77. The SMILES string of the molecule is COc1cccc2c1Oc1nc(-c3ccccc3)nc(SCC(=O)N(C)c3ccccc3)c1C2. The van der Waals surface area contributed by atoms with Crippen molar-refractivity contribution in [3.05, 3.63) is 90.0 Å². The highest BCUT2D eigenvalue weighted by Crippen LogP contribution is 2.44. The van der Waals surface area contributed by atoms with Crippen LogP contribution in [-0.4, -0.2) is 35.8 Å². The van der Waals surface area contributed by atoms with Gasteiger partial charge in [-0.1, -0.05) is 72.4 Å². The minimum atomic E-state index is -0.0105. The quantitative estimate of drug-likeness (QED) is 0.238. The molecule has 34 heavy (non-hydrogen) atoms. The van der Waals surface area contributed by atoms with E-state index in [0.29, 0.717) is 29.6 Å². The number of rotatable bonds is 6. The molecule has 7 heteroatoms. The lowest BCUT2D eigenvalue weighted by atomic mass is 10.0. The normalized spacial score (nSPS) is 11.7. The topological polar surface area (TPSA) is 64.5 Å². The Balaban J connectivity index is 1.48. The van der Waals surface area contributed by atoms with Gasteiger partial charge in [0.2, 0.25) is 11.8 Å². The molecule has 0 bridgehead atoms. The van der Waals surface area contributed by atoms with Crippen LogP contribution in [0.1, 0.15) is 11.1 Å². The largest absolute Gasteiger partial charge is 0.493 e. The van der Waals surface area contributed by atoms with Gasteiger partial charge >= 0.3 is 0 Å². The second kappa shape index (κ2) is 9.57. The first-order chi connectivity index (χ1) is 16.6. The Morgan fingerprint density at radius 1 is 1.00 bits per heavy atom. The van der Waals surface area contributed by atoms with Gasteiger partial charge in [0.1, 0.15) is 5.03 Å². The number of benzene rings is 3. The van der Waals surface area contributed by atoms with E-state index in [0.717, 1.165) is 27.4 Å². The smallest absolute Gasteiger partial charge is 0.237 e. The van der Waals surface area contributed by atoms with Crippen molar-refractivity contribution in [3.8, 4) is 28.8 Å². The number of para-hydroxylation sites is 2. The number of hydrogen-bond acceptors (Lipinski definition) is 6. The fraction of sp³-hybridized carbons (Fsp3) is 0.148. The third-order valence-corrected chi connectivity index (χ3v) is 6.66. The molecule has 0 atom stereocenters. The molecule has 0 N–H and O–H groups in total. The lowest BCUT2D eigenvalue weighted by Crippen LogP contribution is -2.28.